The first-order valence-corrected chi connectivity index (χ1v) is 9.09. The van der Waals surface area contributed by atoms with Crippen molar-refractivity contribution >= 4 is 17.8 Å². The molecule has 0 spiro atoms. The number of piperidine rings is 1. The number of rotatable bonds is 5. The number of amides is 2. The van der Waals surface area contributed by atoms with Crippen LogP contribution in [0.15, 0.2) is 18.2 Å². The van der Waals surface area contributed by atoms with Crippen molar-refractivity contribution < 1.29 is 19.5 Å². The van der Waals surface area contributed by atoms with Crippen LogP contribution in [0.25, 0.3) is 0 Å². The van der Waals surface area contributed by atoms with Gasteiger partial charge in [-0.2, -0.15) is 0 Å². The van der Waals surface area contributed by atoms with Crippen molar-refractivity contribution in [2.75, 3.05) is 13.1 Å². The first-order valence-electron chi connectivity index (χ1n) is 9.09. The van der Waals surface area contributed by atoms with E-state index in [9.17, 15) is 19.5 Å². The summed E-state index contributed by atoms with van der Waals surface area (Å²) in [6.45, 7) is 8.36. The van der Waals surface area contributed by atoms with Crippen LogP contribution in [0.1, 0.15) is 48.2 Å². The van der Waals surface area contributed by atoms with Crippen molar-refractivity contribution in [2.45, 2.75) is 46.6 Å². The molecule has 1 aromatic rings. The first kappa shape index (κ1) is 19.9. The predicted molar refractivity (Wildman–Crippen MR) is 98.9 cm³/mol. The smallest absolute Gasteiger partial charge is 0.326 e. The largest absolute Gasteiger partial charge is 0.480 e. The Bertz CT molecular complexity index is 679. The van der Waals surface area contributed by atoms with Crippen molar-refractivity contribution in [2.24, 2.45) is 11.8 Å². The third-order valence-electron chi connectivity index (χ3n) is 4.78. The molecule has 0 saturated carbocycles. The van der Waals surface area contributed by atoms with E-state index in [0.29, 0.717) is 25.1 Å². The maximum absolute atomic E-state index is 12.8. The number of nitrogens with zero attached hydrogens (tertiary/aromatic N) is 1. The Morgan fingerprint density at radius 1 is 1.15 bits per heavy atom. The van der Waals surface area contributed by atoms with Gasteiger partial charge in [-0.1, -0.05) is 31.0 Å². The van der Waals surface area contributed by atoms with E-state index in [1.807, 2.05) is 32.0 Å². The van der Waals surface area contributed by atoms with Crippen LogP contribution in [-0.2, 0) is 9.59 Å². The topological polar surface area (TPSA) is 86.7 Å². The third-order valence-corrected chi connectivity index (χ3v) is 4.78. The summed E-state index contributed by atoms with van der Waals surface area (Å²) < 4.78 is 0. The average molecular weight is 360 g/mol. The van der Waals surface area contributed by atoms with Gasteiger partial charge in [0, 0.05) is 18.7 Å². The number of likely N-dealkylation sites (tertiary alicyclic amines) is 1. The van der Waals surface area contributed by atoms with Gasteiger partial charge in [-0.25, -0.2) is 4.79 Å². The van der Waals surface area contributed by atoms with Crippen molar-refractivity contribution in [3.8, 4) is 0 Å². The van der Waals surface area contributed by atoms with E-state index in [1.54, 1.807) is 18.7 Å². The molecule has 0 radical (unpaired) electrons. The Kier molecular flexibility index (Phi) is 6.40. The van der Waals surface area contributed by atoms with Gasteiger partial charge in [0.05, 0.1) is 5.92 Å². The summed E-state index contributed by atoms with van der Waals surface area (Å²) >= 11 is 0. The fourth-order valence-electron chi connectivity index (χ4n) is 3.44. The van der Waals surface area contributed by atoms with E-state index >= 15 is 0 Å². The molecule has 1 aliphatic heterocycles. The molecular formula is C20H28N2O4. The molecule has 2 amide bonds. The minimum Gasteiger partial charge on any atom is -0.480 e. The summed E-state index contributed by atoms with van der Waals surface area (Å²) in [5.74, 6) is -1.98. The zero-order valence-corrected chi connectivity index (χ0v) is 15.9. The quantitative estimate of drug-likeness (QED) is 0.844. The lowest BCUT2D eigenvalue weighted by Gasteiger charge is -2.33. The van der Waals surface area contributed by atoms with Crippen LogP contribution < -0.4 is 5.32 Å². The number of carboxylic acid groups (broad SMARTS) is 1. The van der Waals surface area contributed by atoms with Gasteiger partial charge >= 0.3 is 5.97 Å². The van der Waals surface area contributed by atoms with Gasteiger partial charge in [0.1, 0.15) is 6.04 Å². The molecule has 2 rings (SSSR count). The van der Waals surface area contributed by atoms with Crippen LogP contribution in [0.2, 0.25) is 0 Å². The second-order valence-electron chi connectivity index (χ2n) is 7.54. The number of benzene rings is 1. The number of hydrogen-bond donors (Lipinski definition) is 2. The molecule has 0 aliphatic carbocycles. The van der Waals surface area contributed by atoms with E-state index in [-0.39, 0.29) is 23.7 Å². The molecule has 6 nitrogen and oxygen atoms in total. The average Bonchev–Trinajstić information content (AvgIpc) is 2.57. The number of carbonyl (C=O) groups excluding carboxylic acids is 2. The lowest BCUT2D eigenvalue weighted by molar-refractivity contribution is -0.144. The van der Waals surface area contributed by atoms with Crippen molar-refractivity contribution in [1.29, 1.82) is 0 Å². The highest BCUT2D eigenvalue weighted by molar-refractivity contribution is 5.95. The molecule has 142 valence electrons. The molecular weight excluding hydrogens is 332 g/mol. The second-order valence-corrected chi connectivity index (χ2v) is 7.54. The Balaban J connectivity index is 2.07. The fraction of sp³-hybridized carbons (Fsp3) is 0.550. The number of nitrogens with one attached hydrogen (secondary N) is 1. The zero-order valence-electron chi connectivity index (χ0n) is 15.9. The van der Waals surface area contributed by atoms with Crippen LogP contribution in [0.3, 0.4) is 0 Å². The highest BCUT2D eigenvalue weighted by Crippen LogP contribution is 2.20. The summed E-state index contributed by atoms with van der Waals surface area (Å²) in [6, 6.07) is 4.82. The van der Waals surface area contributed by atoms with E-state index in [1.165, 1.54) is 0 Å². The molecule has 1 aromatic carbocycles. The summed E-state index contributed by atoms with van der Waals surface area (Å²) in [6.07, 6.45) is 1.39. The molecule has 0 bridgehead atoms. The SMILES string of the molecule is Cc1cc(C)cc(C(=O)N2CCCC(C(=O)NC(C(=O)O)C(C)C)C2)c1. The van der Waals surface area contributed by atoms with E-state index in [2.05, 4.69) is 5.32 Å². The highest BCUT2D eigenvalue weighted by Gasteiger charge is 2.32. The molecule has 1 aliphatic rings. The molecule has 26 heavy (non-hydrogen) atoms. The van der Waals surface area contributed by atoms with Gasteiger partial charge < -0.3 is 15.3 Å². The van der Waals surface area contributed by atoms with Crippen LogP contribution in [-0.4, -0.2) is 46.9 Å². The molecule has 1 fully saturated rings. The number of hydrogen-bond acceptors (Lipinski definition) is 3. The zero-order chi connectivity index (χ0) is 19.4. The van der Waals surface area contributed by atoms with Gasteiger partial charge in [-0.3, -0.25) is 9.59 Å². The Morgan fingerprint density at radius 3 is 2.31 bits per heavy atom. The molecule has 2 N–H and O–H groups in total. The molecule has 1 saturated heterocycles. The maximum Gasteiger partial charge on any atom is 0.326 e. The molecule has 6 heteroatoms. The van der Waals surface area contributed by atoms with E-state index in [0.717, 1.165) is 17.5 Å². The standard InChI is InChI=1S/C20H28N2O4/c1-12(2)17(20(25)26)21-18(23)15-6-5-7-22(11-15)19(24)16-9-13(3)8-14(4)10-16/h8-10,12,15,17H,5-7,11H2,1-4H3,(H,21,23)(H,25,26). The van der Waals surface area contributed by atoms with Gasteiger partial charge in [0.25, 0.3) is 5.91 Å². The Hall–Kier alpha value is -2.37. The normalized spacial score (nSPS) is 18.5. The van der Waals surface area contributed by atoms with Crippen molar-refractivity contribution in [3.05, 3.63) is 34.9 Å². The molecule has 1 heterocycles. The first-order chi connectivity index (χ1) is 12.2. The summed E-state index contributed by atoms with van der Waals surface area (Å²) in [5, 5.41) is 11.9. The number of carbonyl (C=O) groups is 3. The van der Waals surface area contributed by atoms with Crippen LogP contribution >= 0.6 is 0 Å². The van der Waals surface area contributed by atoms with Gasteiger partial charge in [0.15, 0.2) is 0 Å². The van der Waals surface area contributed by atoms with Gasteiger partial charge in [-0.05, 0) is 44.7 Å². The molecule has 2 unspecified atom stereocenters. The summed E-state index contributed by atoms with van der Waals surface area (Å²) in [7, 11) is 0. The highest BCUT2D eigenvalue weighted by atomic mass is 16.4. The summed E-state index contributed by atoms with van der Waals surface area (Å²) in [4.78, 5) is 38.3. The summed E-state index contributed by atoms with van der Waals surface area (Å²) in [5.41, 5.74) is 2.69. The van der Waals surface area contributed by atoms with Crippen molar-refractivity contribution in [1.82, 2.24) is 10.2 Å². The van der Waals surface area contributed by atoms with E-state index < -0.39 is 12.0 Å². The minimum atomic E-state index is -1.03. The minimum absolute atomic E-state index is 0.0760. The third kappa shape index (κ3) is 4.84. The second kappa shape index (κ2) is 8.34. The lowest BCUT2D eigenvalue weighted by Crippen LogP contribution is -2.50. The predicted octanol–water partition coefficient (Wildman–Crippen LogP) is 2.38. The molecule has 2 atom stereocenters. The Labute approximate surface area is 154 Å². The van der Waals surface area contributed by atoms with Crippen LogP contribution in [0.5, 0.6) is 0 Å². The lowest BCUT2D eigenvalue weighted by atomic mass is 9.95. The van der Waals surface area contributed by atoms with E-state index in [4.69, 9.17) is 0 Å². The number of aliphatic carboxylic acids is 1. The van der Waals surface area contributed by atoms with Crippen LogP contribution in [0, 0.1) is 25.7 Å². The number of carboxylic acids is 1. The van der Waals surface area contributed by atoms with Gasteiger partial charge in [0.2, 0.25) is 5.91 Å². The van der Waals surface area contributed by atoms with Crippen LogP contribution in [0.4, 0.5) is 0 Å². The van der Waals surface area contributed by atoms with Crippen molar-refractivity contribution in [3.63, 3.8) is 0 Å². The van der Waals surface area contributed by atoms with Gasteiger partial charge in [-0.15, -0.1) is 0 Å². The number of aryl methyl sites for hydroxylation is 2. The molecule has 0 aromatic heterocycles. The Morgan fingerprint density at radius 2 is 1.77 bits per heavy atom. The monoisotopic (exact) mass is 360 g/mol. The fourth-order valence-corrected chi connectivity index (χ4v) is 3.44. The maximum atomic E-state index is 12.8.